The van der Waals surface area contributed by atoms with Gasteiger partial charge in [-0.05, 0) is 30.9 Å². The Hall–Kier alpha value is -2.91. The van der Waals surface area contributed by atoms with E-state index in [-0.39, 0.29) is 11.8 Å². The van der Waals surface area contributed by atoms with Gasteiger partial charge in [-0.15, -0.1) is 11.3 Å². The number of aliphatic imine (C=N–C) groups is 1. The van der Waals surface area contributed by atoms with Crippen molar-refractivity contribution in [3.63, 3.8) is 0 Å². The third-order valence-electron chi connectivity index (χ3n) is 5.94. The highest BCUT2D eigenvalue weighted by atomic mass is 32.1. The lowest BCUT2D eigenvalue weighted by atomic mass is 9.87. The van der Waals surface area contributed by atoms with Crippen molar-refractivity contribution in [1.29, 1.82) is 0 Å². The molecule has 160 valence electrons. The summed E-state index contributed by atoms with van der Waals surface area (Å²) in [6.45, 7) is 1.81. The van der Waals surface area contributed by atoms with E-state index >= 15 is 0 Å². The molecule has 1 amide bonds. The standard InChI is InChI=1S/C22H24N6O2S/c1-28(5-6-30-2)22(29)13-3-4-16-18(8-13)31-21-19(16)20(25-12-26-21)27-15-7-14-9-23-11-17(14)24-10-15/h7,9-10,12-13H,3-6,8,11H2,1-2H3,(H,25,26,27)/t13-/m0/s1. The Morgan fingerprint density at radius 2 is 2.26 bits per heavy atom. The van der Waals surface area contributed by atoms with E-state index in [1.165, 1.54) is 10.4 Å². The van der Waals surface area contributed by atoms with Crippen molar-refractivity contribution in [2.75, 3.05) is 32.6 Å². The number of carbonyl (C=O) groups excluding carboxylic acids is 1. The number of aryl methyl sites for hydroxylation is 1. The number of likely N-dealkylation sites (N-methyl/N-ethyl adjacent to an activating group) is 1. The van der Waals surface area contributed by atoms with Gasteiger partial charge in [0.1, 0.15) is 17.0 Å². The Balaban J connectivity index is 1.41. The molecule has 4 heterocycles. The minimum absolute atomic E-state index is 0.00647. The van der Waals surface area contributed by atoms with Gasteiger partial charge >= 0.3 is 0 Å². The van der Waals surface area contributed by atoms with Crippen molar-refractivity contribution < 1.29 is 9.53 Å². The molecular weight excluding hydrogens is 412 g/mol. The van der Waals surface area contributed by atoms with Crippen LogP contribution in [0.1, 0.15) is 28.1 Å². The number of nitrogens with zero attached hydrogens (tertiary/aromatic N) is 5. The van der Waals surface area contributed by atoms with E-state index in [4.69, 9.17) is 4.74 Å². The van der Waals surface area contributed by atoms with Gasteiger partial charge in [-0.2, -0.15) is 0 Å². The maximum absolute atomic E-state index is 12.8. The number of ether oxygens (including phenoxy) is 1. The van der Waals surface area contributed by atoms with E-state index in [1.54, 1.807) is 29.7 Å². The van der Waals surface area contributed by atoms with Crippen molar-refractivity contribution in [2.45, 2.75) is 25.8 Å². The second-order valence-corrected chi connectivity index (χ2v) is 9.04. The number of aromatic nitrogens is 3. The smallest absolute Gasteiger partial charge is 0.225 e. The number of amides is 1. The van der Waals surface area contributed by atoms with Crippen LogP contribution in [0.3, 0.4) is 0 Å². The second-order valence-electron chi connectivity index (χ2n) is 7.95. The highest BCUT2D eigenvalue weighted by Gasteiger charge is 2.30. The van der Waals surface area contributed by atoms with E-state index in [0.717, 1.165) is 52.2 Å². The SMILES string of the molecule is COCCN(C)C(=O)[C@H]1CCc2c(sc3ncnc(Nc4cnc5c(c4)C=NC5)c23)C1. The number of nitrogens with one attached hydrogen (secondary N) is 1. The Morgan fingerprint density at radius 3 is 3.13 bits per heavy atom. The molecule has 8 nitrogen and oxygen atoms in total. The van der Waals surface area contributed by atoms with Crippen LogP contribution in [-0.2, 0) is 28.9 Å². The van der Waals surface area contributed by atoms with Gasteiger partial charge in [-0.3, -0.25) is 14.8 Å². The maximum Gasteiger partial charge on any atom is 0.225 e. The van der Waals surface area contributed by atoms with E-state index in [1.807, 2.05) is 19.5 Å². The van der Waals surface area contributed by atoms with Gasteiger partial charge in [0.15, 0.2) is 0 Å². The highest BCUT2D eigenvalue weighted by molar-refractivity contribution is 7.19. The first kappa shape index (κ1) is 20.0. The fourth-order valence-electron chi connectivity index (χ4n) is 4.26. The zero-order valence-corrected chi connectivity index (χ0v) is 18.4. The summed E-state index contributed by atoms with van der Waals surface area (Å²) in [6.07, 6.45) is 7.71. The average molecular weight is 437 g/mol. The van der Waals surface area contributed by atoms with Crippen molar-refractivity contribution >= 4 is 45.2 Å². The molecule has 3 aromatic heterocycles. The highest BCUT2D eigenvalue weighted by Crippen LogP contribution is 2.40. The molecule has 5 rings (SSSR count). The number of carbonyl (C=O) groups is 1. The number of rotatable bonds is 6. The fourth-order valence-corrected chi connectivity index (χ4v) is 5.52. The van der Waals surface area contributed by atoms with Crippen molar-refractivity contribution in [2.24, 2.45) is 10.9 Å². The van der Waals surface area contributed by atoms with Crippen molar-refractivity contribution in [3.8, 4) is 0 Å². The summed E-state index contributed by atoms with van der Waals surface area (Å²) in [4.78, 5) is 34.6. The number of hydrogen-bond donors (Lipinski definition) is 1. The molecule has 1 aliphatic carbocycles. The summed E-state index contributed by atoms with van der Waals surface area (Å²) in [6, 6.07) is 2.05. The van der Waals surface area contributed by atoms with Gasteiger partial charge < -0.3 is 15.0 Å². The first-order valence-electron chi connectivity index (χ1n) is 10.4. The molecule has 0 saturated carbocycles. The lowest BCUT2D eigenvalue weighted by Gasteiger charge is -2.26. The monoisotopic (exact) mass is 436 g/mol. The quantitative estimate of drug-likeness (QED) is 0.639. The Labute approximate surface area is 184 Å². The molecule has 0 saturated heterocycles. The molecule has 0 spiro atoms. The van der Waals surface area contributed by atoms with Crippen LogP contribution in [0, 0.1) is 5.92 Å². The first-order valence-corrected chi connectivity index (χ1v) is 11.2. The van der Waals surface area contributed by atoms with Gasteiger partial charge in [0.05, 0.1) is 36.1 Å². The molecule has 0 radical (unpaired) electrons. The van der Waals surface area contributed by atoms with E-state index in [2.05, 4.69) is 31.3 Å². The Bertz CT molecular complexity index is 1170. The van der Waals surface area contributed by atoms with Gasteiger partial charge in [0, 0.05) is 43.3 Å². The summed E-state index contributed by atoms with van der Waals surface area (Å²) in [7, 11) is 3.51. The van der Waals surface area contributed by atoms with Crippen LogP contribution in [0.15, 0.2) is 23.6 Å². The first-order chi connectivity index (χ1) is 15.1. The topological polar surface area (TPSA) is 92.6 Å². The summed E-state index contributed by atoms with van der Waals surface area (Å²) in [5.74, 6) is 0.989. The Morgan fingerprint density at radius 1 is 1.35 bits per heavy atom. The lowest BCUT2D eigenvalue weighted by Crippen LogP contribution is -2.37. The van der Waals surface area contributed by atoms with Crippen LogP contribution in [0.2, 0.25) is 0 Å². The number of pyridine rings is 1. The van der Waals surface area contributed by atoms with Crippen molar-refractivity contribution in [3.05, 3.63) is 40.3 Å². The predicted molar refractivity (Wildman–Crippen MR) is 121 cm³/mol. The minimum Gasteiger partial charge on any atom is -0.383 e. The normalized spacial score (nSPS) is 16.9. The van der Waals surface area contributed by atoms with Crippen LogP contribution < -0.4 is 5.32 Å². The van der Waals surface area contributed by atoms with E-state index in [9.17, 15) is 4.79 Å². The van der Waals surface area contributed by atoms with Crippen LogP contribution in [-0.4, -0.2) is 59.3 Å². The summed E-state index contributed by atoms with van der Waals surface area (Å²) in [5.41, 5.74) is 4.19. The van der Waals surface area contributed by atoms with Crippen molar-refractivity contribution in [1.82, 2.24) is 19.9 Å². The van der Waals surface area contributed by atoms with E-state index < -0.39 is 0 Å². The van der Waals surface area contributed by atoms with Crippen LogP contribution in [0.4, 0.5) is 11.5 Å². The molecule has 2 aliphatic rings. The maximum atomic E-state index is 12.8. The molecule has 9 heteroatoms. The fraction of sp³-hybridized carbons (Fsp3) is 0.409. The van der Waals surface area contributed by atoms with Gasteiger partial charge in [-0.25, -0.2) is 9.97 Å². The number of thiophene rings is 1. The van der Waals surface area contributed by atoms with Crippen LogP contribution in [0.5, 0.6) is 0 Å². The number of anilines is 2. The average Bonchev–Trinajstić information content (AvgIpc) is 3.40. The zero-order valence-electron chi connectivity index (χ0n) is 17.6. The lowest BCUT2D eigenvalue weighted by molar-refractivity contribution is -0.135. The molecule has 0 fully saturated rings. The zero-order chi connectivity index (χ0) is 21.4. The van der Waals surface area contributed by atoms with Gasteiger partial charge in [0.25, 0.3) is 0 Å². The largest absolute Gasteiger partial charge is 0.383 e. The third-order valence-corrected chi connectivity index (χ3v) is 7.10. The molecule has 0 aromatic carbocycles. The molecule has 1 N–H and O–H groups in total. The third kappa shape index (κ3) is 3.79. The molecule has 31 heavy (non-hydrogen) atoms. The predicted octanol–water partition coefficient (Wildman–Crippen LogP) is 2.97. The van der Waals surface area contributed by atoms with E-state index in [0.29, 0.717) is 19.7 Å². The summed E-state index contributed by atoms with van der Waals surface area (Å²) < 4.78 is 5.11. The molecule has 0 unspecified atom stereocenters. The molecule has 1 aliphatic heterocycles. The molecular formula is C22H24N6O2S. The number of methoxy groups -OCH3 is 1. The van der Waals surface area contributed by atoms with Gasteiger partial charge in [0.2, 0.25) is 5.91 Å². The molecule has 0 bridgehead atoms. The summed E-state index contributed by atoms with van der Waals surface area (Å²) >= 11 is 1.67. The molecule has 1 atom stereocenters. The van der Waals surface area contributed by atoms with Gasteiger partial charge in [-0.1, -0.05) is 0 Å². The van der Waals surface area contributed by atoms with Crippen LogP contribution >= 0.6 is 11.3 Å². The number of fused-ring (bicyclic) bond motifs is 4. The Kier molecular flexibility index (Phi) is 5.37. The second kappa shape index (κ2) is 8.32. The number of hydrogen-bond acceptors (Lipinski definition) is 8. The summed E-state index contributed by atoms with van der Waals surface area (Å²) in [5, 5.41) is 4.50. The van der Waals surface area contributed by atoms with Crippen LogP contribution in [0.25, 0.3) is 10.2 Å². The molecule has 3 aromatic rings. The minimum atomic E-state index is 0.00647.